The fraction of sp³-hybridized carbons (Fsp3) is 0.375. The average Bonchev–Trinajstić information content (AvgIpc) is 3.03. The van der Waals surface area contributed by atoms with E-state index in [1.54, 1.807) is 13.0 Å². The van der Waals surface area contributed by atoms with Gasteiger partial charge in [0.1, 0.15) is 29.3 Å². The zero-order chi connectivity index (χ0) is 21.1. The summed E-state index contributed by atoms with van der Waals surface area (Å²) in [4.78, 5) is 4.83. The Morgan fingerprint density at radius 1 is 1.10 bits per heavy atom. The van der Waals surface area contributed by atoms with E-state index in [9.17, 15) is 4.39 Å². The standard InChI is InChI=1S/C24H25FN2O3/c1-15-10-16(6-4-5-7-19(15)25)17-8-9-20-18(11-17)24(14-29-21(26)27-24)23(12-28-13-23)22(2,3)30-20/h4-11H,12-14H2,1-3H3,(H2,26,27)/b5-4+,6-4?,7-5?,15-10?,16-6+,16-10?,19-7?,19-15?. The maximum atomic E-state index is 14.1. The van der Waals surface area contributed by atoms with Crippen molar-refractivity contribution in [3.8, 4) is 5.75 Å². The molecule has 2 N–H and O–H groups in total. The van der Waals surface area contributed by atoms with Gasteiger partial charge >= 0.3 is 0 Å². The number of hydrogen-bond donors (Lipinski definition) is 1. The van der Waals surface area contributed by atoms with Crippen LogP contribution in [-0.4, -0.2) is 31.4 Å². The van der Waals surface area contributed by atoms with Gasteiger partial charge in [-0.2, -0.15) is 0 Å². The van der Waals surface area contributed by atoms with Crippen molar-refractivity contribution in [1.82, 2.24) is 0 Å². The van der Waals surface area contributed by atoms with Gasteiger partial charge in [-0.25, -0.2) is 9.38 Å². The Kier molecular flexibility index (Phi) is 4.03. The van der Waals surface area contributed by atoms with Crippen LogP contribution in [0.1, 0.15) is 31.9 Å². The number of halogens is 1. The van der Waals surface area contributed by atoms with Gasteiger partial charge in [-0.3, -0.25) is 0 Å². The third kappa shape index (κ3) is 2.46. The predicted molar refractivity (Wildman–Crippen MR) is 114 cm³/mol. The number of aliphatic imine (C=N–C) groups is 1. The van der Waals surface area contributed by atoms with Gasteiger partial charge in [-0.1, -0.05) is 24.3 Å². The third-order valence-electron chi connectivity index (χ3n) is 6.87. The van der Waals surface area contributed by atoms with Gasteiger partial charge in [0.15, 0.2) is 0 Å². The molecule has 3 heterocycles. The Morgan fingerprint density at radius 2 is 1.87 bits per heavy atom. The summed E-state index contributed by atoms with van der Waals surface area (Å²) >= 11 is 0. The van der Waals surface area contributed by atoms with Crippen molar-refractivity contribution in [2.75, 3.05) is 19.8 Å². The lowest BCUT2D eigenvalue weighted by Crippen LogP contribution is -2.71. The summed E-state index contributed by atoms with van der Waals surface area (Å²) < 4.78 is 32.0. The first-order valence-corrected chi connectivity index (χ1v) is 10.1. The molecular formula is C24H25FN2O3. The largest absolute Gasteiger partial charge is 0.487 e. The molecule has 0 radical (unpaired) electrons. The summed E-state index contributed by atoms with van der Waals surface area (Å²) in [5.41, 5.74) is 7.78. The van der Waals surface area contributed by atoms with E-state index in [-0.39, 0.29) is 17.3 Å². The van der Waals surface area contributed by atoms with Gasteiger partial charge in [-0.05, 0) is 61.8 Å². The Balaban J connectivity index is 1.69. The molecule has 30 heavy (non-hydrogen) atoms. The molecule has 1 aliphatic carbocycles. The summed E-state index contributed by atoms with van der Waals surface area (Å²) in [6.07, 6.45) is 8.82. The van der Waals surface area contributed by atoms with Crippen LogP contribution in [0.15, 0.2) is 65.0 Å². The highest BCUT2D eigenvalue weighted by Gasteiger charge is 2.71. The molecule has 156 valence electrons. The number of allylic oxidation sites excluding steroid dienone is 8. The van der Waals surface area contributed by atoms with Crippen molar-refractivity contribution in [1.29, 1.82) is 0 Å². The van der Waals surface area contributed by atoms with Gasteiger partial charge in [-0.15, -0.1) is 0 Å². The van der Waals surface area contributed by atoms with Crippen LogP contribution in [-0.2, 0) is 15.0 Å². The molecule has 5 rings (SSSR count). The molecule has 0 bridgehead atoms. The van der Waals surface area contributed by atoms with Crippen molar-refractivity contribution < 1.29 is 18.6 Å². The van der Waals surface area contributed by atoms with Gasteiger partial charge in [0.25, 0.3) is 6.02 Å². The number of ether oxygens (including phenoxy) is 3. The molecule has 2 spiro atoms. The summed E-state index contributed by atoms with van der Waals surface area (Å²) in [6, 6.07) is 6.21. The summed E-state index contributed by atoms with van der Waals surface area (Å²) in [6.45, 7) is 7.29. The minimum atomic E-state index is -0.690. The molecule has 0 saturated carbocycles. The summed E-state index contributed by atoms with van der Waals surface area (Å²) in [5, 5.41) is 0. The second-order valence-electron chi connectivity index (χ2n) is 8.85. The second-order valence-corrected chi connectivity index (χ2v) is 8.85. The van der Waals surface area contributed by atoms with E-state index in [2.05, 4.69) is 19.9 Å². The SMILES string of the molecule is CC1=C/C(c2ccc3c(c2)C2(COC(N)=N2)C2(COC2)C(C)(C)O3)=C\C=C\C=C1F. The van der Waals surface area contributed by atoms with Crippen LogP contribution >= 0.6 is 0 Å². The number of benzene rings is 1. The van der Waals surface area contributed by atoms with E-state index in [1.165, 1.54) is 6.08 Å². The molecule has 1 aromatic carbocycles. The quantitative estimate of drug-likeness (QED) is 0.758. The van der Waals surface area contributed by atoms with Crippen molar-refractivity contribution in [2.24, 2.45) is 16.1 Å². The van der Waals surface area contributed by atoms with Crippen LogP contribution in [0.2, 0.25) is 0 Å². The molecular weight excluding hydrogens is 383 g/mol. The Labute approximate surface area is 175 Å². The summed E-state index contributed by atoms with van der Waals surface area (Å²) in [5.74, 6) is 0.514. The molecule has 0 aromatic heterocycles. The smallest absolute Gasteiger partial charge is 0.283 e. The lowest BCUT2D eigenvalue weighted by atomic mass is 9.55. The number of hydrogen-bond acceptors (Lipinski definition) is 5. The van der Waals surface area contributed by atoms with Gasteiger partial charge < -0.3 is 19.9 Å². The first kappa shape index (κ1) is 19.1. The van der Waals surface area contributed by atoms with Crippen LogP contribution in [0.25, 0.3) is 5.57 Å². The zero-order valence-corrected chi connectivity index (χ0v) is 17.4. The average molecular weight is 408 g/mol. The Morgan fingerprint density at radius 3 is 2.53 bits per heavy atom. The van der Waals surface area contributed by atoms with Crippen LogP contribution in [0, 0.1) is 5.41 Å². The van der Waals surface area contributed by atoms with E-state index in [0.717, 1.165) is 22.4 Å². The van der Waals surface area contributed by atoms with E-state index in [1.807, 2.05) is 30.4 Å². The normalized spacial score (nSPS) is 30.9. The van der Waals surface area contributed by atoms with E-state index in [0.29, 0.717) is 25.4 Å². The van der Waals surface area contributed by atoms with Gasteiger partial charge in [0.2, 0.25) is 0 Å². The first-order valence-electron chi connectivity index (χ1n) is 10.1. The van der Waals surface area contributed by atoms with E-state index >= 15 is 0 Å². The lowest BCUT2D eigenvalue weighted by Gasteiger charge is -2.61. The molecule has 1 unspecified atom stereocenters. The number of rotatable bonds is 1. The molecule has 1 saturated heterocycles. The molecule has 0 amide bonds. The van der Waals surface area contributed by atoms with Crippen LogP contribution in [0.5, 0.6) is 5.75 Å². The van der Waals surface area contributed by atoms with Crippen molar-refractivity contribution in [3.05, 3.63) is 71.1 Å². The topological polar surface area (TPSA) is 66.1 Å². The molecule has 5 nitrogen and oxygen atoms in total. The van der Waals surface area contributed by atoms with Crippen LogP contribution < -0.4 is 10.5 Å². The molecule has 1 aromatic rings. The highest BCUT2D eigenvalue weighted by molar-refractivity contribution is 5.79. The fourth-order valence-electron chi connectivity index (χ4n) is 4.92. The van der Waals surface area contributed by atoms with Crippen LogP contribution in [0.3, 0.4) is 0 Å². The lowest BCUT2D eigenvalue weighted by molar-refractivity contribution is -0.247. The van der Waals surface area contributed by atoms with Crippen molar-refractivity contribution in [3.63, 3.8) is 0 Å². The summed E-state index contributed by atoms with van der Waals surface area (Å²) in [7, 11) is 0. The maximum absolute atomic E-state index is 14.1. The molecule has 1 atom stereocenters. The Bertz CT molecular complexity index is 1080. The van der Waals surface area contributed by atoms with Crippen molar-refractivity contribution >= 4 is 11.6 Å². The highest BCUT2D eigenvalue weighted by atomic mass is 19.1. The van der Waals surface area contributed by atoms with E-state index < -0.39 is 11.1 Å². The number of amidine groups is 1. The Hall–Kier alpha value is -2.86. The minimum Gasteiger partial charge on any atom is -0.487 e. The number of fused-ring (bicyclic) bond motifs is 3. The van der Waals surface area contributed by atoms with Crippen molar-refractivity contribution in [2.45, 2.75) is 31.9 Å². The zero-order valence-electron chi connectivity index (χ0n) is 17.4. The highest BCUT2D eigenvalue weighted by Crippen LogP contribution is 2.62. The van der Waals surface area contributed by atoms with E-state index in [4.69, 9.17) is 24.9 Å². The maximum Gasteiger partial charge on any atom is 0.283 e. The molecule has 3 aliphatic heterocycles. The number of nitrogens with two attached hydrogens (primary N) is 1. The van der Waals surface area contributed by atoms with Gasteiger partial charge in [0, 0.05) is 5.56 Å². The first-order chi connectivity index (χ1) is 14.3. The number of nitrogens with zero attached hydrogens (tertiary/aromatic N) is 1. The fourth-order valence-corrected chi connectivity index (χ4v) is 4.92. The third-order valence-corrected chi connectivity index (χ3v) is 6.87. The second kappa shape index (κ2) is 6.32. The predicted octanol–water partition coefficient (Wildman–Crippen LogP) is 4.17. The van der Waals surface area contributed by atoms with Crippen LogP contribution in [0.4, 0.5) is 4.39 Å². The molecule has 1 fully saturated rings. The molecule has 6 heteroatoms. The van der Waals surface area contributed by atoms with Gasteiger partial charge in [0.05, 0.1) is 18.6 Å². The monoisotopic (exact) mass is 408 g/mol. The minimum absolute atomic E-state index is 0.186. The molecule has 4 aliphatic rings.